The Hall–Kier alpha value is -3.07. The largest absolute Gasteiger partial charge is 0.352 e. The number of aryl methyl sites for hydroxylation is 1. The molecule has 10 heteroatoms. The lowest BCUT2D eigenvalue weighted by Gasteiger charge is -2.34. The number of carbonyl (C=O) groups excluding carboxylic acids is 2. The summed E-state index contributed by atoms with van der Waals surface area (Å²) in [5.74, 6) is -0.938. The smallest absolute Gasteiger partial charge is 0.244 e. The Morgan fingerprint density at radius 1 is 0.897 bits per heavy atom. The summed E-state index contributed by atoms with van der Waals surface area (Å²) < 4.78 is 26.8. The third-order valence-electron chi connectivity index (χ3n) is 6.16. The van der Waals surface area contributed by atoms with Gasteiger partial charge in [-0.25, -0.2) is 8.42 Å². The highest BCUT2D eigenvalue weighted by molar-refractivity contribution is 7.92. The molecule has 0 aliphatic carbocycles. The van der Waals surface area contributed by atoms with Crippen molar-refractivity contribution in [3.8, 4) is 0 Å². The highest BCUT2D eigenvalue weighted by Crippen LogP contribution is 2.28. The summed E-state index contributed by atoms with van der Waals surface area (Å²) in [5.41, 5.74) is 2.37. The van der Waals surface area contributed by atoms with Gasteiger partial charge in [-0.3, -0.25) is 13.9 Å². The first kappa shape index (κ1) is 30.5. The molecule has 208 valence electrons. The zero-order chi connectivity index (χ0) is 28.7. The van der Waals surface area contributed by atoms with E-state index in [-0.39, 0.29) is 24.9 Å². The van der Waals surface area contributed by atoms with E-state index in [4.69, 9.17) is 23.2 Å². The van der Waals surface area contributed by atoms with E-state index in [0.29, 0.717) is 26.9 Å². The number of nitrogens with one attached hydrogen (secondary N) is 1. The summed E-state index contributed by atoms with van der Waals surface area (Å²) in [7, 11) is -3.85. The average molecular weight is 591 g/mol. The molecule has 0 saturated carbocycles. The first-order valence-corrected chi connectivity index (χ1v) is 15.1. The Kier molecular flexibility index (Phi) is 10.4. The fourth-order valence-electron chi connectivity index (χ4n) is 4.23. The van der Waals surface area contributed by atoms with Crippen molar-refractivity contribution in [3.63, 3.8) is 0 Å². The molecule has 0 fully saturated rings. The molecular formula is C29H33Cl2N3O4S. The van der Waals surface area contributed by atoms with Crippen LogP contribution in [-0.4, -0.2) is 50.0 Å². The molecule has 3 aromatic carbocycles. The molecule has 1 N–H and O–H groups in total. The SMILES string of the molecule is Cc1ccccc1N(CC(=O)N(Cc1c(Cl)cccc1Cl)[C@@H](Cc1ccccc1)C(=O)NC(C)C)S(C)(=O)=O. The minimum absolute atomic E-state index is 0.0915. The number of rotatable bonds is 11. The number of anilines is 1. The van der Waals surface area contributed by atoms with Gasteiger partial charge in [0.1, 0.15) is 12.6 Å². The zero-order valence-electron chi connectivity index (χ0n) is 22.4. The van der Waals surface area contributed by atoms with Crippen molar-refractivity contribution in [3.05, 3.63) is 99.5 Å². The van der Waals surface area contributed by atoms with E-state index in [1.807, 2.05) is 44.2 Å². The van der Waals surface area contributed by atoms with Crippen molar-refractivity contribution in [2.45, 2.75) is 45.8 Å². The predicted octanol–water partition coefficient (Wildman–Crippen LogP) is 5.23. The summed E-state index contributed by atoms with van der Waals surface area (Å²) in [4.78, 5) is 29.0. The molecular weight excluding hydrogens is 557 g/mol. The number of carbonyl (C=O) groups is 2. The third-order valence-corrected chi connectivity index (χ3v) is 7.99. The Morgan fingerprint density at radius 2 is 1.49 bits per heavy atom. The van der Waals surface area contributed by atoms with Crippen molar-refractivity contribution < 1.29 is 18.0 Å². The number of nitrogens with zero attached hydrogens (tertiary/aromatic N) is 2. The summed E-state index contributed by atoms with van der Waals surface area (Å²) in [5, 5.41) is 3.58. The van der Waals surface area contributed by atoms with E-state index < -0.39 is 28.5 Å². The van der Waals surface area contributed by atoms with Crippen LogP contribution < -0.4 is 9.62 Å². The first-order chi connectivity index (χ1) is 18.4. The number of sulfonamides is 1. The molecule has 0 saturated heterocycles. The first-order valence-electron chi connectivity index (χ1n) is 12.5. The Labute approximate surface area is 240 Å². The number of hydrogen-bond donors (Lipinski definition) is 1. The fraction of sp³-hybridized carbons (Fsp3) is 0.310. The van der Waals surface area contributed by atoms with Crippen LogP contribution in [0.25, 0.3) is 0 Å². The lowest BCUT2D eigenvalue weighted by atomic mass is 10.0. The summed E-state index contributed by atoms with van der Waals surface area (Å²) >= 11 is 12.9. The molecule has 2 amide bonds. The topological polar surface area (TPSA) is 86.8 Å². The van der Waals surface area contributed by atoms with Crippen LogP contribution in [0.15, 0.2) is 72.8 Å². The van der Waals surface area contributed by atoms with E-state index in [2.05, 4.69) is 5.32 Å². The van der Waals surface area contributed by atoms with Crippen molar-refractivity contribution in [2.24, 2.45) is 0 Å². The normalized spacial score (nSPS) is 12.2. The van der Waals surface area contributed by atoms with E-state index in [1.165, 1.54) is 4.90 Å². The summed E-state index contributed by atoms with van der Waals surface area (Å²) in [6, 6.07) is 20.1. The van der Waals surface area contributed by atoms with Crippen LogP contribution in [0, 0.1) is 6.92 Å². The number of hydrogen-bond acceptors (Lipinski definition) is 4. The van der Waals surface area contributed by atoms with Crippen molar-refractivity contribution in [1.29, 1.82) is 0 Å². The van der Waals surface area contributed by atoms with Crippen LogP contribution in [0.3, 0.4) is 0 Å². The Bertz CT molecular complexity index is 1390. The molecule has 0 spiro atoms. The second-order valence-electron chi connectivity index (χ2n) is 9.65. The standard InChI is InChI=1S/C29H33Cl2N3O4S/c1-20(2)32-29(36)27(17-22-12-6-5-7-13-22)33(18-23-24(30)14-10-15-25(23)31)28(35)19-34(39(4,37)38)26-16-9-8-11-21(26)3/h5-16,20,27H,17-19H2,1-4H3,(H,32,36)/t27-/m0/s1. The molecule has 1 atom stereocenters. The van der Waals surface area contributed by atoms with Gasteiger partial charge in [0.15, 0.2) is 0 Å². The molecule has 0 aliphatic heterocycles. The lowest BCUT2D eigenvalue weighted by Crippen LogP contribution is -2.54. The van der Waals surface area contributed by atoms with Crippen molar-refractivity contribution in [2.75, 3.05) is 17.1 Å². The maximum atomic E-state index is 14.1. The summed E-state index contributed by atoms with van der Waals surface area (Å²) in [6.45, 7) is 4.83. The second kappa shape index (κ2) is 13.3. The number of para-hydroxylation sites is 1. The number of halogens is 2. The van der Waals surface area contributed by atoms with E-state index in [1.54, 1.807) is 49.4 Å². The van der Waals surface area contributed by atoms with Crippen molar-refractivity contribution in [1.82, 2.24) is 10.2 Å². The fourth-order valence-corrected chi connectivity index (χ4v) is 5.65. The van der Waals surface area contributed by atoms with Gasteiger partial charge in [0.05, 0.1) is 11.9 Å². The second-order valence-corrected chi connectivity index (χ2v) is 12.4. The highest BCUT2D eigenvalue weighted by atomic mass is 35.5. The van der Waals surface area contributed by atoms with Gasteiger partial charge in [-0.1, -0.05) is 77.8 Å². The molecule has 3 rings (SSSR count). The van der Waals surface area contributed by atoms with Crippen LogP contribution >= 0.6 is 23.2 Å². The van der Waals surface area contributed by atoms with Crippen molar-refractivity contribution >= 4 is 50.7 Å². The molecule has 0 aromatic heterocycles. The average Bonchev–Trinajstić information content (AvgIpc) is 2.86. The third kappa shape index (κ3) is 8.21. The van der Waals surface area contributed by atoms with Gasteiger partial charge < -0.3 is 10.2 Å². The molecule has 0 bridgehead atoms. The maximum absolute atomic E-state index is 14.1. The molecule has 7 nitrogen and oxygen atoms in total. The van der Waals surface area contributed by atoms with Gasteiger partial charge >= 0.3 is 0 Å². The molecule has 0 aliphatic rings. The molecule has 0 unspecified atom stereocenters. The number of benzene rings is 3. The minimum atomic E-state index is -3.85. The summed E-state index contributed by atoms with van der Waals surface area (Å²) in [6.07, 6.45) is 1.26. The molecule has 0 radical (unpaired) electrons. The monoisotopic (exact) mass is 589 g/mol. The van der Waals surface area contributed by atoms with Crippen LogP contribution in [0.1, 0.15) is 30.5 Å². The number of amides is 2. The van der Waals surface area contributed by atoms with E-state index in [0.717, 1.165) is 16.1 Å². The molecule has 0 heterocycles. The van der Waals surface area contributed by atoms with Crippen LogP contribution in [0.5, 0.6) is 0 Å². The van der Waals surface area contributed by atoms with Gasteiger partial charge in [0, 0.05) is 34.6 Å². The van der Waals surface area contributed by atoms with Gasteiger partial charge in [0.25, 0.3) is 0 Å². The maximum Gasteiger partial charge on any atom is 0.244 e. The minimum Gasteiger partial charge on any atom is -0.352 e. The zero-order valence-corrected chi connectivity index (χ0v) is 24.7. The lowest BCUT2D eigenvalue weighted by molar-refractivity contribution is -0.140. The predicted molar refractivity (Wildman–Crippen MR) is 158 cm³/mol. The van der Waals surface area contributed by atoms with Gasteiger partial charge in [-0.05, 0) is 50.1 Å². The van der Waals surface area contributed by atoms with E-state index in [9.17, 15) is 18.0 Å². The Morgan fingerprint density at radius 3 is 2.05 bits per heavy atom. The van der Waals surface area contributed by atoms with Crippen LogP contribution in [-0.2, 0) is 32.6 Å². The van der Waals surface area contributed by atoms with E-state index >= 15 is 0 Å². The van der Waals surface area contributed by atoms with Crippen LogP contribution in [0.2, 0.25) is 10.0 Å². The van der Waals surface area contributed by atoms with Crippen LogP contribution in [0.4, 0.5) is 5.69 Å². The quantitative estimate of drug-likeness (QED) is 0.331. The molecule has 39 heavy (non-hydrogen) atoms. The van der Waals surface area contributed by atoms with Gasteiger partial charge in [0.2, 0.25) is 21.8 Å². The van der Waals surface area contributed by atoms with Gasteiger partial charge in [-0.2, -0.15) is 0 Å². The van der Waals surface area contributed by atoms with Gasteiger partial charge in [-0.15, -0.1) is 0 Å². The highest BCUT2D eigenvalue weighted by Gasteiger charge is 2.34. The molecule has 3 aromatic rings. The Balaban J connectivity index is 2.11.